The number of hydrogen-bond acceptors (Lipinski definition) is 2. The molecule has 2 saturated carbocycles. The first-order chi connectivity index (χ1) is 15.9. The third-order valence-corrected chi connectivity index (χ3v) is 5.62. The fraction of sp³-hybridized carbons (Fsp3) is 0.462. The number of nitriles is 2. The minimum atomic E-state index is -6.00. The average Bonchev–Trinajstić information content (AvgIpc) is 2.97. The van der Waals surface area contributed by atoms with E-state index in [0.717, 1.165) is 0 Å². The average molecular weight is 762 g/mol. The Bertz CT molecular complexity index is 488. The van der Waals surface area contributed by atoms with Gasteiger partial charge in [-0.15, -0.1) is 0 Å². The third-order valence-electron chi connectivity index (χ3n) is 5.62. The minimum Gasteiger partial charge on any atom is -0.418 e. The summed E-state index contributed by atoms with van der Waals surface area (Å²) in [7, 11) is -12.0. The SMILES string of the molecule is CC#N.CC#N.C[C]1[C](C)[C](C)[C](C)[C]1C.C[C]1[C](C)[C](C)[C](C)[C]1C.F[B-](F)(F)F.F[B-](F)(F)F.[CH3-].[CH3-].[Rh+2].[Rh+2]. The molecule has 12 radical (unpaired) electrons. The van der Waals surface area contributed by atoms with Crippen LogP contribution in [0.1, 0.15) is 83.1 Å². The van der Waals surface area contributed by atoms with Gasteiger partial charge in [-0.3, -0.25) is 0 Å². The molecule has 0 aromatic heterocycles. The van der Waals surface area contributed by atoms with E-state index in [1.54, 1.807) is 12.1 Å². The first kappa shape index (κ1) is 59.2. The zero-order valence-corrected chi connectivity index (χ0v) is 29.0. The quantitative estimate of drug-likeness (QED) is 0.140. The largest absolute Gasteiger partial charge is 2.00 e. The van der Waals surface area contributed by atoms with Gasteiger partial charge in [-0.2, -0.15) is 10.5 Å². The van der Waals surface area contributed by atoms with E-state index in [9.17, 15) is 34.5 Å². The van der Waals surface area contributed by atoms with Crippen LogP contribution in [-0.4, -0.2) is 14.5 Å². The molecule has 0 aromatic rings. The molecule has 2 rings (SSSR count). The third kappa shape index (κ3) is 32.3. The van der Waals surface area contributed by atoms with E-state index >= 15 is 0 Å². The zero-order valence-electron chi connectivity index (χ0n) is 25.7. The molecule has 0 aliphatic heterocycles. The molecular weight excluding hydrogens is 720 g/mol. The Labute approximate surface area is 266 Å². The molecule has 236 valence electrons. The molecule has 0 heterocycles. The molecule has 2 fully saturated rings. The van der Waals surface area contributed by atoms with Crippen LogP contribution in [-0.2, 0) is 39.0 Å². The van der Waals surface area contributed by atoms with Gasteiger partial charge >= 0.3 is 53.5 Å². The first-order valence-corrected chi connectivity index (χ1v) is 10.7. The van der Waals surface area contributed by atoms with Crippen molar-refractivity contribution in [3.63, 3.8) is 0 Å². The van der Waals surface area contributed by atoms with Crippen LogP contribution in [0.3, 0.4) is 0 Å². The van der Waals surface area contributed by atoms with Crippen LogP contribution in [0, 0.1) is 96.7 Å². The maximum absolute atomic E-state index is 9.75. The summed E-state index contributed by atoms with van der Waals surface area (Å²) in [6.07, 6.45) is 0. The Morgan fingerprint density at radius 2 is 0.400 bits per heavy atom. The van der Waals surface area contributed by atoms with Gasteiger partial charge in [0.1, 0.15) is 0 Å². The molecule has 40 heavy (non-hydrogen) atoms. The summed E-state index contributed by atoms with van der Waals surface area (Å²) < 4.78 is 78.0. The van der Waals surface area contributed by atoms with Crippen LogP contribution in [0.25, 0.3) is 0 Å². The molecule has 0 N–H and O–H groups in total. The Hall–Kier alpha value is -0.203. The van der Waals surface area contributed by atoms with Crippen LogP contribution < -0.4 is 0 Å². The van der Waals surface area contributed by atoms with Crippen LogP contribution in [0.15, 0.2) is 0 Å². The fourth-order valence-electron chi connectivity index (χ4n) is 2.81. The number of hydrogen-bond donors (Lipinski definition) is 0. The first-order valence-electron chi connectivity index (χ1n) is 10.7. The van der Waals surface area contributed by atoms with Crippen molar-refractivity contribution in [2.24, 2.45) is 0 Å². The predicted molar refractivity (Wildman–Crippen MR) is 145 cm³/mol. The standard InChI is InChI=1S/2C10H15.2C2H3N.2CH3.2BF4.2Rh/c2*1-6-7(2)9(4)10(5)8(6)3;2*1-2-3;;;2*2-1(3,4)5;;/h2*1-5H3;2*1H3;2*1H3;;;;/q;;;;4*-1;2*+2. The smallest absolute Gasteiger partial charge is 0.418 e. The Morgan fingerprint density at radius 1 is 0.375 bits per heavy atom. The van der Waals surface area contributed by atoms with E-state index in [1.807, 2.05) is 0 Å². The van der Waals surface area contributed by atoms with Crippen molar-refractivity contribution in [1.29, 1.82) is 10.5 Å². The summed E-state index contributed by atoms with van der Waals surface area (Å²) in [4.78, 5) is 0. The van der Waals surface area contributed by atoms with Gasteiger partial charge in [0.15, 0.2) is 0 Å². The Kier molecular flexibility index (Phi) is 42.8. The van der Waals surface area contributed by atoms with Crippen molar-refractivity contribution >= 4 is 14.5 Å². The maximum Gasteiger partial charge on any atom is 2.00 e. The molecule has 0 amide bonds. The van der Waals surface area contributed by atoms with E-state index in [0.29, 0.717) is 0 Å². The molecule has 0 spiro atoms. The second-order valence-corrected chi connectivity index (χ2v) is 7.69. The second kappa shape index (κ2) is 28.9. The van der Waals surface area contributed by atoms with Crippen molar-refractivity contribution < 1.29 is 73.5 Å². The van der Waals surface area contributed by atoms with Gasteiger partial charge < -0.3 is 49.4 Å². The summed E-state index contributed by atoms with van der Waals surface area (Å²) in [5.74, 6) is 14.7. The van der Waals surface area contributed by atoms with Crippen LogP contribution in [0.5, 0.6) is 0 Å². The van der Waals surface area contributed by atoms with Gasteiger partial charge in [-0.1, -0.05) is 69.2 Å². The van der Waals surface area contributed by atoms with Crippen LogP contribution >= 0.6 is 0 Å². The Balaban J connectivity index is -0.0000000535. The van der Waals surface area contributed by atoms with Crippen LogP contribution in [0.2, 0.25) is 0 Å². The predicted octanol–water partition coefficient (Wildman–Crippen LogP) is 10.5. The summed E-state index contributed by atoms with van der Waals surface area (Å²) in [6, 6.07) is 3.50. The van der Waals surface area contributed by atoms with Gasteiger partial charge in [0.25, 0.3) is 0 Å². The molecule has 0 saturated heterocycles. The fourth-order valence-corrected chi connectivity index (χ4v) is 2.81. The van der Waals surface area contributed by atoms with E-state index < -0.39 is 14.5 Å². The topological polar surface area (TPSA) is 47.6 Å². The molecular formula is C26H42B2F8N2Rh2. The molecule has 0 unspecified atom stereocenters. The maximum atomic E-state index is 9.75. The van der Waals surface area contributed by atoms with E-state index in [-0.39, 0.29) is 53.8 Å². The van der Waals surface area contributed by atoms with Gasteiger partial charge in [-0.25, -0.2) is 0 Å². The molecule has 0 bridgehead atoms. The van der Waals surface area contributed by atoms with Gasteiger partial charge in [0.2, 0.25) is 0 Å². The Morgan fingerprint density at radius 3 is 0.425 bits per heavy atom. The number of nitrogens with zero attached hydrogens (tertiary/aromatic N) is 2. The van der Waals surface area contributed by atoms with Gasteiger partial charge in [0.05, 0.1) is 12.1 Å². The number of rotatable bonds is 0. The zero-order chi connectivity index (χ0) is 30.2. The van der Waals surface area contributed by atoms with Crippen molar-refractivity contribution in [1.82, 2.24) is 0 Å². The van der Waals surface area contributed by atoms with Gasteiger partial charge in [0, 0.05) is 13.8 Å². The van der Waals surface area contributed by atoms with Crippen LogP contribution in [0.4, 0.5) is 34.5 Å². The normalized spacial score (nSPS) is 17.6. The van der Waals surface area contributed by atoms with E-state index in [4.69, 9.17) is 10.5 Å². The summed E-state index contributed by atoms with van der Waals surface area (Å²) >= 11 is 0. The summed E-state index contributed by atoms with van der Waals surface area (Å²) in [5, 5.41) is 14.6. The molecule has 0 atom stereocenters. The van der Waals surface area contributed by atoms with Crippen molar-refractivity contribution in [3.8, 4) is 12.1 Å². The van der Waals surface area contributed by atoms with E-state index in [2.05, 4.69) is 69.2 Å². The minimum absolute atomic E-state index is 0. The molecule has 14 heteroatoms. The monoisotopic (exact) mass is 762 g/mol. The molecule has 2 aliphatic rings. The summed E-state index contributed by atoms with van der Waals surface area (Å²) in [5.41, 5.74) is 0. The van der Waals surface area contributed by atoms with E-state index in [1.165, 1.54) is 73.0 Å². The summed E-state index contributed by atoms with van der Waals surface area (Å²) in [6.45, 7) is 24.9. The second-order valence-electron chi connectivity index (χ2n) is 7.69. The number of halogens is 8. The van der Waals surface area contributed by atoms with Gasteiger partial charge in [-0.05, 0) is 59.2 Å². The molecule has 0 aromatic carbocycles. The van der Waals surface area contributed by atoms with Crippen molar-refractivity contribution in [3.05, 3.63) is 74.0 Å². The molecule has 2 nitrogen and oxygen atoms in total. The van der Waals surface area contributed by atoms with Crippen molar-refractivity contribution in [2.45, 2.75) is 83.1 Å². The molecule has 2 aliphatic carbocycles. The van der Waals surface area contributed by atoms with Crippen molar-refractivity contribution in [2.75, 3.05) is 0 Å².